The smallest absolute Gasteiger partial charge is 0.339 e. The van der Waals surface area contributed by atoms with E-state index >= 15 is 0 Å². The minimum Gasteiger partial charge on any atom is -0.493 e. The van der Waals surface area contributed by atoms with E-state index in [4.69, 9.17) is 13.7 Å². The Bertz CT molecular complexity index is 764. The van der Waals surface area contributed by atoms with Crippen LogP contribution in [0, 0.1) is 13.8 Å². The Labute approximate surface area is 130 Å². The summed E-state index contributed by atoms with van der Waals surface area (Å²) < 4.78 is 40.4. The lowest BCUT2D eigenvalue weighted by atomic mass is 10.2. The van der Waals surface area contributed by atoms with Gasteiger partial charge in [0.25, 0.3) is 0 Å². The number of hydrogen-bond acceptors (Lipinski definition) is 5. The highest BCUT2D eigenvalue weighted by Gasteiger charge is 2.22. The van der Waals surface area contributed by atoms with Gasteiger partial charge in [-0.3, -0.25) is 0 Å². The topological polar surface area (TPSA) is 61.8 Å². The molecule has 0 aliphatic carbocycles. The highest BCUT2D eigenvalue weighted by Crippen LogP contribution is 2.33. The van der Waals surface area contributed by atoms with Crippen LogP contribution >= 0.6 is 0 Å². The van der Waals surface area contributed by atoms with E-state index in [0.717, 1.165) is 5.56 Å². The van der Waals surface area contributed by atoms with Crippen LogP contribution in [0.2, 0.25) is 0 Å². The van der Waals surface area contributed by atoms with Crippen LogP contribution in [0.3, 0.4) is 0 Å². The minimum absolute atomic E-state index is 0.0470. The van der Waals surface area contributed by atoms with Crippen molar-refractivity contribution in [2.45, 2.75) is 18.7 Å². The second kappa shape index (κ2) is 6.27. The number of hydrogen-bond donors (Lipinski definition) is 0. The van der Waals surface area contributed by atoms with Crippen molar-refractivity contribution in [3.63, 3.8) is 0 Å². The minimum atomic E-state index is -3.95. The maximum atomic E-state index is 12.5. The molecule has 2 aromatic carbocycles. The van der Waals surface area contributed by atoms with Crippen LogP contribution in [0.25, 0.3) is 0 Å². The third kappa shape index (κ3) is 3.33. The zero-order valence-electron chi connectivity index (χ0n) is 12.9. The summed E-state index contributed by atoms with van der Waals surface area (Å²) >= 11 is 0. The predicted molar refractivity (Wildman–Crippen MR) is 83.3 cm³/mol. The highest BCUT2D eigenvalue weighted by molar-refractivity contribution is 7.87. The summed E-state index contributed by atoms with van der Waals surface area (Å²) in [5.74, 6) is 1.06. The van der Waals surface area contributed by atoms with Crippen LogP contribution in [0.5, 0.6) is 17.2 Å². The van der Waals surface area contributed by atoms with E-state index in [9.17, 15) is 8.42 Å². The Morgan fingerprint density at radius 3 is 1.95 bits per heavy atom. The molecule has 0 aliphatic heterocycles. The van der Waals surface area contributed by atoms with E-state index in [0.29, 0.717) is 17.1 Å². The summed E-state index contributed by atoms with van der Waals surface area (Å²) in [6.45, 7) is 3.59. The molecule has 0 aliphatic rings. The van der Waals surface area contributed by atoms with Crippen LogP contribution in [-0.2, 0) is 10.1 Å². The molecule has 0 bridgehead atoms. The molecule has 0 amide bonds. The standard InChI is InChI=1S/C16H18O5S/c1-11-5-7-13(8-6-11)21-22(17,18)16-10-15(20-4)14(19-3)9-12(16)2/h5-10H,1-4H3. The third-order valence-electron chi connectivity index (χ3n) is 3.18. The molecule has 0 spiro atoms. The molecular weight excluding hydrogens is 304 g/mol. The van der Waals surface area contributed by atoms with E-state index in [2.05, 4.69) is 0 Å². The monoisotopic (exact) mass is 322 g/mol. The van der Waals surface area contributed by atoms with Crippen LogP contribution in [0.4, 0.5) is 0 Å². The predicted octanol–water partition coefficient (Wildman–Crippen LogP) is 3.09. The molecule has 0 unspecified atom stereocenters. The van der Waals surface area contributed by atoms with E-state index in [1.54, 1.807) is 37.3 Å². The van der Waals surface area contributed by atoms with Crippen molar-refractivity contribution in [1.82, 2.24) is 0 Å². The average Bonchev–Trinajstić information content (AvgIpc) is 2.48. The zero-order chi connectivity index (χ0) is 16.3. The van der Waals surface area contributed by atoms with Gasteiger partial charge in [-0.15, -0.1) is 0 Å². The fourth-order valence-corrected chi connectivity index (χ4v) is 3.16. The molecule has 0 fully saturated rings. The van der Waals surface area contributed by atoms with Crippen LogP contribution in [0.15, 0.2) is 41.3 Å². The molecule has 118 valence electrons. The third-order valence-corrected chi connectivity index (χ3v) is 4.57. The first kappa shape index (κ1) is 16.2. The van der Waals surface area contributed by atoms with Crippen molar-refractivity contribution in [3.8, 4) is 17.2 Å². The van der Waals surface area contributed by atoms with Crippen LogP contribution < -0.4 is 13.7 Å². The number of aryl methyl sites for hydroxylation is 2. The molecule has 0 radical (unpaired) electrons. The molecule has 2 rings (SSSR count). The second-order valence-electron chi connectivity index (χ2n) is 4.82. The molecular formula is C16H18O5S. The SMILES string of the molecule is COc1cc(C)c(S(=O)(=O)Oc2ccc(C)cc2)cc1OC. The Morgan fingerprint density at radius 2 is 1.41 bits per heavy atom. The van der Waals surface area contributed by atoms with Gasteiger partial charge in [0.1, 0.15) is 10.6 Å². The molecule has 5 nitrogen and oxygen atoms in total. The van der Waals surface area contributed by atoms with Crippen molar-refractivity contribution >= 4 is 10.1 Å². The molecule has 0 saturated carbocycles. The Balaban J connectivity index is 2.42. The quantitative estimate of drug-likeness (QED) is 0.792. The molecule has 0 N–H and O–H groups in total. The molecule has 0 saturated heterocycles. The van der Waals surface area contributed by atoms with E-state index in [-0.39, 0.29) is 10.6 Å². The summed E-state index contributed by atoms with van der Waals surface area (Å²) in [6, 6.07) is 9.80. The number of methoxy groups -OCH3 is 2. The fraction of sp³-hybridized carbons (Fsp3) is 0.250. The van der Waals surface area contributed by atoms with Gasteiger partial charge in [0.05, 0.1) is 14.2 Å². The van der Waals surface area contributed by atoms with Gasteiger partial charge in [-0.05, 0) is 37.6 Å². The lowest BCUT2D eigenvalue weighted by Crippen LogP contribution is -2.12. The van der Waals surface area contributed by atoms with Gasteiger partial charge in [-0.25, -0.2) is 0 Å². The van der Waals surface area contributed by atoms with Gasteiger partial charge in [0.2, 0.25) is 0 Å². The highest BCUT2D eigenvalue weighted by atomic mass is 32.2. The first-order valence-electron chi connectivity index (χ1n) is 6.61. The first-order chi connectivity index (χ1) is 10.4. The number of benzene rings is 2. The summed E-state index contributed by atoms with van der Waals surface area (Å²) in [7, 11) is -1.01. The fourth-order valence-electron chi connectivity index (χ4n) is 2.00. The lowest BCUT2D eigenvalue weighted by molar-refractivity contribution is 0.353. The van der Waals surface area contributed by atoms with Gasteiger partial charge in [0.15, 0.2) is 11.5 Å². The van der Waals surface area contributed by atoms with Gasteiger partial charge in [-0.1, -0.05) is 17.7 Å². The maximum Gasteiger partial charge on any atom is 0.339 e. The number of rotatable bonds is 5. The van der Waals surface area contributed by atoms with Crippen LogP contribution in [-0.4, -0.2) is 22.6 Å². The van der Waals surface area contributed by atoms with Crippen molar-refractivity contribution < 1.29 is 22.1 Å². The van der Waals surface area contributed by atoms with Crippen molar-refractivity contribution in [3.05, 3.63) is 47.5 Å². The average molecular weight is 322 g/mol. The second-order valence-corrected chi connectivity index (χ2v) is 6.34. The van der Waals surface area contributed by atoms with Gasteiger partial charge in [-0.2, -0.15) is 8.42 Å². The summed E-state index contributed by atoms with van der Waals surface area (Å²) in [4.78, 5) is 0.0470. The number of ether oxygens (including phenoxy) is 2. The maximum absolute atomic E-state index is 12.5. The summed E-state index contributed by atoms with van der Waals surface area (Å²) in [6.07, 6.45) is 0. The Hall–Kier alpha value is -2.21. The summed E-state index contributed by atoms with van der Waals surface area (Å²) in [5, 5.41) is 0. The van der Waals surface area contributed by atoms with Gasteiger partial charge >= 0.3 is 10.1 Å². The van der Waals surface area contributed by atoms with Crippen molar-refractivity contribution in [2.24, 2.45) is 0 Å². The van der Waals surface area contributed by atoms with Gasteiger partial charge in [0, 0.05) is 6.07 Å². The summed E-state index contributed by atoms with van der Waals surface area (Å²) in [5.41, 5.74) is 1.54. The molecule has 0 atom stereocenters. The molecule has 2 aromatic rings. The molecule has 6 heteroatoms. The Morgan fingerprint density at radius 1 is 0.864 bits per heavy atom. The zero-order valence-corrected chi connectivity index (χ0v) is 13.7. The molecule has 22 heavy (non-hydrogen) atoms. The largest absolute Gasteiger partial charge is 0.493 e. The normalized spacial score (nSPS) is 11.1. The van der Waals surface area contributed by atoms with Crippen molar-refractivity contribution in [1.29, 1.82) is 0 Å². The first-order valence-corrected chi connectivity index (χ1v) is 8.02. The van der Waals surface area contributed by atoms with E-state index in [1.165, 1.54) is 20.3 Å². The van der Waals surface area contributed by atoms with E-state index < -0.39 is 10.1 Å². The van der Waals surface area contributed by atoms with Gasteiger partial charge < -0.3 is 13.7 Å². The molecule has 0 aromatic heterocycles. The molecule has 0 heterocycles. The Kier molecular flexibility index (Phi) is 4.61. The van der Waals surface area contributed by atoms with Crippen LogP contribution in [0.1, 0.15) is 11.1 Å². The van der Waals surface area contributed by atoms with Crippen molar-refractivity contribution in [2.75, 3.05) is 14.2 Å². The lowest BCUT2D eigenvalue weighted by Gasteiger charge is -2.13. The van der Waals surface area contributed by atoms with E-state index in [1.807, 2.05) is 6.92 Å².